The Labute approximate surface area is 195 Å². The Kier molecular flexibility index (Phi) is 5.36. The third-order valence-electron chi connectivity index (χ3n) is 5.74. The molecule has 0 radical (unpaired) electrons. The molecule has 0 saturated heterocycles. The Morgan fingerprint density at radius 2 is 2.18 bits per heavy atom. The molecule has 0 bridgehead atoms. The molecule has 0 unspecified atom stereocenters. The van der Waals surface area contributed by atoms with E-state index in [2.05, 4.69) is 25.6 Å². The van der Waals surface area contributed by atoms with Gasteiger partial charge in [-0.25, -0.2) is 4.98 Å². The van der Waals surface area contributed by atoms with Crippen molar-refractivity contribution in [3.8, 4) is 11.5 Å². The van der Waals surface area contributed by atoms with Gasteiger partial charge in [-0.2, -0.15) is 4.98 Å². The van der Waals surface area contributed by atoms with E-state index in [0.29, 0.717) is 45.9 Å². The highest BCUT2D eigenvalue weighted by Crippen LogP contribution is 2.40. The topological polar surface area (TPSA) is 131 Å². The Morgan fingerprint density at radius 1 is 1.35 bits per heavy atom. The Hall–Kier alpha value is -4.41. The zero-order valence-electron chi connectivity index (χ0n) is 19.0. The van der Waals surface area contributed by atoms with Crippen molar-refractivity contribution in [2.24, 2.45) is 19.1 Å². The zero-order valence-corrected chi connectivity index (χ0v) is 19.0. The molecule has 0 atom stereocenters. The maximum atomic E-state index is 12.7. The lowest BCUT2D eigenvalue weighted by atomic mass is 10.2. The highest BCUT2D eigenvalue weighted by Gasteiger charge is 2.25. The minimum Gasteiger partial charge on any atom is -0.491 e. The lowest BCUT2D eigenvalue weighted by Gasteiger charge is -2.14. The molecule has 11 heteroatoms. The first-order valence-electron chi connectivity index (χ1n) is 10.7. The van der Waals surface area contributed by atoms with Gasteiger partial charge in [-0.15, -0.1) is 0 Å². The number of hydrogen-bond donors (Lipinski definition) is 3. The molecule has 1 aliphatic carbocycles. The summed E-state index contributed by atoms with van der Waals surface area (Å²) in [6.07, 6.45) is 11.5. The fraction of sp³-hybridized carbons (Fsp3) is 0.261. The van der Waals surface area contributed by atoms with E-state index in [1.54, 1.807) is 41.8 Å². The number of aryl methyl sites for hydroxylation is 2. The van der Waals surface area contributed by atoms with Crippen LogP contribution in [-0.2, 0) is 14.1 Å². The van der Waals surface area contributed by atoms with E-state index in [0.717, 1.165) is 24.6 Å². The number of nitrogens with one attached hydrogen (secondary N) is 3. The number of rotatable bonds is 7. The first kappa shape index (κ1) is 21.4. The van der Waals surface area contributed by atoms with Crippen LogP contribution in [-0.4, -0.2) is 38.6 Å². The summed E-state index contributed by atoms with van der Waals surface area (Å²) in [5, 5.41) is 13.9. The van der Waals surface area contributed by atoms with Crippen LogP contribution in [0.1, 0.15) is 24.3 Å². The second-order valence-electron chi connectivity index (χ2n) is 8.09. The molecule has 0 aromatic carbocycles. The van der Waals surface area contributed by atoms with Crippen LogP contribution in [0.5, 0.6) is 11.5 Å². The van der Waals surface area contributed by atoms with Crippen LogP contribution in [0, 0.1) is 5.41 Å². The summed E-state index contributed by atoms with van der Waals surface area (Å²) in [4.78, 5) is 25.8. The molecule has 3 aromatic rings. The number of hydrogen-bond acceptors (Lipinski definition) is 9. The molecule has 174 valence electrons. The lowest BCUT2D eigenvalue weighted by molar-refractivity contribution is 0.371. The summed E-state index contributed by atoms with van der Waals surface area (Å²) in [5.74, 6) is 1.90. The summed E-state index contributed by atoms with van der Waals surface area (Å²) in [6, 6.07) is 1.90. The molecule has 11 nitrogen and oxygen atoms in total. The van der Waals surface area contributed by atoms with Gasteiger partial charge in [-0.3, -0.25) is 9.79 Å². The molecular formula is C23H24N8O3. The van der Waals surface area contributed by atoms with Crippen molar-refractivity contribution in [3.63, 3.8) is 0 Å². The number of ether oxygens (including phenoxy) is 2. The lowest BCUT2D eigenvalue weighted by Crippen LogP contribution is -2.20. The number of pyridine rings is 2. The van der Waals surface area contributed by atoms with E-state index in [1.807, 2.05) is 12.3 Å². The number of anilines is 2. The number of aromatic nitrogens is 4. The van der Waals surface area contributed by atoms with Crippen LogP contribution in [0.2, 0.25) is 0 Å². The number of fused-ring (bicyclic) bond motifs is 1. The van der Waals surface area contributed by atoms with Crippen LogP contribution < -0.4 is 25.7 Å². The predicted octanol–water partition coefficient (Wildman–Crippen LogP) is 2.68. The summed E-state index contributed by atoms with van der Waals surface area (Å²) in [7, 11) is 5.08. The van der Waals surface area contributed by atoms with Crippen LogP contribution in [0.4, 0.5) is 11.6 Å². The molecule has 3 aromatic heterocycles. The number of methoxy groups -OCH3 is 1. The van der Waals surface area contributed by atoms with Crippen LogP contribution in [0.3, 0.4) is 0 Å². The van der Waals surface area contributed by atoms with Gasteiger partial charge in [0.15, 0.2) is 22.9 Å². The Bertz CT molecular complexity index is 1440. The number of nitrogens with zero attached hydrogens (tertiary/aromatic N) is 5. The van der Waals surface area contributed by atoms with Gasteiger partial charge in [-0.05, 0) is 30.4 Å². The fourth-order valence-electron chi connectivity index (χ4n) is 3.83. The largest absolute Gasteiger partial charge is 0.491 e. The first-order chi connectivity index (χ1) is 16.5. The molecule has 3 N–H and O–H groups in total. The van der Waals surface area contributed by atoms with Gasteiger partial charge in [0.1, 0.15) is 16.9 Å². The van der Waals surface area contributed by atoms with Gasteiger partial charge in [0.25, 0.3) is 5.56 Å². The van der Waals surface area contributed by atoms with Gasteiger partial charge < -0.3 is 34.7 Å². The van der Waals surface area contributed by atoms with Crippen molar-refractivity contribution < 1.29 is 9.47 Å². The van der Waals surface area contributed by atoms with Crippen LogP contribution in [0.15, 0.2) is 52.1 Å². The Balaban J connectivity index is 1.54. The average molecular weight is 460 g/mol. The maximum absolute atomic E-state index is 12.7. The summed E-state index contributed by atoms with van der Waals surface area (Å²) in [6.45, 7) is 0. The number of aliphatic imine (C=N–C) groups is 1. The van der Waals surface area contributed by atoms with E-state index >= 15 is 0 Å². The SMILES string of the molecule is COc1c(O/C(C=N)=C2\C=NC=CN2)cnc2nc(Nc3cc(C4CC4)cn(C)c3=O)n(C)c12. The van der Waals surface area contributed by atoms with Crippen LogP contribution in [0.25, 0.3) is 11.2 Å². The van der Waals surface area contributed by atoms with E-state index in [-0.39, 0.29) is 11.3 Å². The molecule has 4 heterocycles. The number of allylic oxidation sites excluding steroid dienone is 2. The second kappa shape index (κ2) is 8.50. The van der Waals surface area contributed by atoms with E-state index < -0.39 is 0 Å². The predicted molar refractivity (Wildman–Crippen MR) is 129 cm³/mol. The van der Waals surface area contributed by atoms with Crippen molar-refractivity contribution in [2.45, 2.75) is 18.8 Å². The van der Waals surface area contributed by atoms with E-state index in [4.69, 9.17) is 14.9 Å². The summed E-state index contributed by atoms with van der Waals surface area (Å²) >= 11 is 0. The molecule has 0 spiro atoms. The third-order valence-corrected chi connectivity index (χ3v) is 5.74. The molecule has 1 fully saturated rings. The molecule has 34 heavy (non-hydrogen) atoms. The van der Waals surface area contributed by atoms with Gasteiger partial charge >= 0.3 is 0 Å². The minimum atomic E-state index is -0.140. The monoisotopic (exact) mass is 460 g/mol. The highest BCUT2D eigenvalue weighted by molar-refractivity contribution is 5.90. The van der Waals surface area contributed by atoms with Crippen molar-refractivity contribution in [2.75, 3.05) is 12.4 Å². The van der Waals surface area contributed by atoms with Gasteiger partial charge in [-0.1, -0.05) is 0 Å². The molecule has 1 saturated carbocycles. The van der Waals surface area contributed by atoms with Gasteiger partial charge in [0.05, 0.1) is 25.7 Å². The molecule has 1 aliphatic heterocycles. The smallest absolute Gasteiger partial charge is 0.274 e. The maximum Gasteiger partial charge on any atom is 0.274 e. The standard InChI is InChI=1S/C23H24N8O3/c1-30-12-14(13-4-5-13)8-15(22(30)32)28-23-29-21-19(31(23)2)20(33-3)18(11-27-21)34-17(9-24)16-10-25-6-7-26-16/h6-13,24,26H,4-5H2,1-3H3,(H,27,28,29)/b17-16+,24-9?. The zero-order chi connectivity index (χ0) is 23.8. The van der Waals surface area contributed by atoms with Crippen molar-refractivity contribution in [1.29, 1.82) is 5.41 Å². The van der Waals surface area contributed by atoms with E-state index in [1.165, 1.54) is 13.3 Å². The molecule has 0 amide bonds. The normalized spacial score (nSPS) is 16.3. The van der Waals surface area contributed by atoms with Crippen LogP contribution >= 0.6 is 0 Å². The minimum absolute atomic E-state index is 0.140. The summed E-state index contributed by atoms with van der Waals surface area (Å²) < 4.78 is 15.0. The van der Waals surface area contributed by atoms with E-state index in [9.17, 15) is 4.79 Å². The fourth-order valence-corrected chi connectivity index (χ4v) is 3.83. The molecular weight excluding hydrogens is 436 g/mol. The second-order valence-corrected chi connectivity index (χ2v) is 8.09. The van der Waals surface area contributed by atoms with Gasteiger partial charge in [0, 0.05) is 32.7 Å². The quantitative estimate of drug-likeness (QED) is 0.365. The third kappa shape index (κ3) is 3.81. The number of imidazole rings is 1. The first-order valence-corrected chi connectivity index (χ1v) is 10.7. The van der Waals surface area contributed by atoms with Crippen molar-refractivity contribution in [1.82, 2.24) is 24.4 Å². The average Bonchev–Trinajstić information content (AvgIpc) is 3.66. The molecule has 5 rings (SSSR count). The highest BCUT2D eigenvalue weighted by atomic mass is 16.5. The van der Waals surface area contributed by atoms with Crippen molar-refractivity contribution >= 4 is 35.2 Å². The molecule has 2 aliphatic rings. The summed E-state index contributed by atoms with van der Waals surface area (Å²) in [5.41, 5.74) is 2.98. The Morgan fingerprint density at radius 3 is 2.85 bits per heavy atom. The van der Waals surface area contributed by atoms with Gasteiger partial charge in [0.2, 0.25) is 5.95 Å². The van der Waals surface area contributed by atoms with Crippen molar-refractivity contribution in [3.05, 3.63) is 58.2 Å².